The molecule has 0 aliphatic heterocycles. The summed E-state index contributed by atoms with van der Waals surface area (Å²) < 4.78 is 0.748. The second-order valence-corrected chi connectivity index (χ2v) is 4.59. The van der Waals surface area contributed by atoms with Crippen molar-refractivity contribution in [1.29, 1.82) is 0 Å². The predicted octanol–water partition coefficient (Wildman–Crippen LogP) is 1.38. The zero-order chi connectivity index (χ0) is 10.4. The smallest absolute Gasteiger partial charge is 0.237 e. The van der Waals surface area contributed by atoms with Crippen molar-refractivity contribution in [3.8, 4) is 0 Å². The highest BCUT2D eigenvalue weighted by Crippen LogP contribution is 2.03. The van der Waals surface area contributed by atoms with E-state index >= 15 is 0 Å². The molecule has 0 aromatic heterocycles. The Morgan fingerprint density at radius 2 is 2.15 bits per heavy atom. The molecule has 0 saturated carbocycles. The van der Waals surface area contributed by atoms with Crippen molar-refractivity contribution >= 4 is 21.8 Å². The standard InChI is InChI=1S/C9H17BrN2O/c1-6(2)4-8(11)9(13)12-5-7(3)10/h6,8H,3-5,11H2,1-2H3,(H,12,13)/t8-/m1/s1. The average Bonchev–Trinajstić information content (AvgIpc) is 1.98. The molecule has 0 heterocycles. The molecule has 3 nitrogen and oxygen atoms in total. The van der Waals surface area contributed by atoms with Crippen LogP contribution in [0.3, 0.4) is 0 Å². The third-order valence-corrected chi connectivity index (χ3v) is 1.80. The normalized spacial score (nSPS) is 12.7. The van der Waals surface area contributed by atoms with Crippen molar-refractivity contribution in [2.75, 3.05) is 6.54 Å². The van der Waals surface area contributed by atoms with Crippen molar-refractivity contribution in [3.05, 3.63) is 11.1 Å². The third-order valence-electron chi connectivity index (χ3n) is 1.52. The van der Waals surface area contributed by atoms with Crippen LogP contribution in [0.4, 0.5) is 0 Å². The van der Waals surface area contributed by atoms with E-state index in [9.17, 15) is 4.79 Å². The maximum atomic E-state index is 11.3. The van der Waals surface area contributed by atoms with E-state index in [1.54, 1.807) is 0 Å². The van der Waals surface area contributed by atoms with E-state index < -0.39 is 6.04 Å². The van der Waals surface area contributed by atoms with Crippen molar-refractivity contribution in [1.82, 2.24) is 5.32 Å². The summed E-state index contributed by atoms with van der Waals surface area (Å²) in [6, 6.07) is -0.410. The number of carbonyl (C=O) groups excluding carboxylic acids is 1. The molecule has 0 spiro atoms. The molecule has 0 bridgehead atoms. The van der Waals surface area contributed by atoms with Gasteiger partial charge in [0.05, 0.1) is 6.04 Å². The Hall–Kier alpha value is -0.350. The van der Waals surface area contributed by atoms with Gasteiger partial charge in [0.1, 0.15) is 0 Å². The fourth-order valence-corrected chi connectivity index (χ4v) is 1.07. The van der Waals surface area contributed by atoms with Gasteiger partial charge in [0.25, 0.3) is 0 Å². The van der Waals surface area contributed by atoms with Crippen molar-refractivity contribution in [2.24, 2.45) is 11.7 Å². The highest BCUT2D eigenvalue weighted by molar-refractivity contribution is 9.11. The molecule has 0 fully saturated rings. The molecule has 4 heteroatoms. The molecule has 0 aromatic carbocycles. The second-order valence-electron chi connectivity index (χ2n) is 3.47. The van der Waals surface area contributed by atoms with Crippen molar-refractivity contribution < 1.29 is 4.79 Å². The van der Waals surface area contributed by atoms with E-state index in [-0.39, 0.29) is 5.91 Å². The maximum Gasteiger partial charge on any atom is 0.237 e. The molecule has 76 valence electrons. The summed E-state index contributed by atoms with van der Waals surface area (Å²) in [5.41, 5.74) is 5.65. The van der Waals surface area contributed by atoms with E-state index in [2.05, 4.69) is 27.8 Å². The van der Waals surface area contributed by atoms with E-state index in [4.69, 9.17) is 5.73 Å². The fourth-order valence-electron chi connectivity index (χ4n) is 0.929. The van der Waals surface area contributed by atoms with Crippen LogP contribution in [0.5, 0.6) is 0 Å². The lowest BCUT2D eigenvalue weighted by molar-refractivity contribution is -0.122. The number of hydrogen-bond acceptors (Lipinski definition) is 2. The lowest BCUT2D eigenvalue weighted by Crippen LogP contribution is -2.41. The summed E-state index contributed by atoms with van der Waals surface area (Å²) in [6.07, 6.45) is 0.709. The fraction of sp³-hybridized carbons (Fsp3) is 0.667. The monoisotopic (exact) mass is 248 g/mol. The summed E-state index contributed by atoms with van der Waals surface area (Å²) in [5, 5.41) is 2.68. The second kappa shape index (κ2) is 6.16. The zero-order valence-electron chi connectivity index (χ0n) is 8.14. The number of hydrogen-bond donors (Lipinski definition) is 2. The van der Waals surface area contributed by atoms with Gasteiger partial charge in [-0.1, -0.05) is 36.4 Å². The van der Waals surface area contributed by atoms with Crippen LogP contribution in [-0.2, 0) is 4.79 Å². The van der Waals surface area contributed by atoms with Gasteiger partial charge in [0, 0.05) is 11.0 Å². The van der Waals surface area contributed by atoms with Crippen LogP contribution >= 0.6 is 15.9 Å². The average molecular weight is 249 g/mol. The molecule has 0 unspecified atom stereocenters. The lowest BCUT2D eigenvalue weighted by atomic mass is 10.0. The van der Waals surface area contributed by atoms with Crippen molar-refractivity contribution in [3.63, 3.8) is 0 Å². The first kappa shape index (κ1) is 12.7. The van der Waals surface area contributed by atoms with Crippen LogP contribution < -0.4 is 11.1 Å². The van der Waals surface area contributed by atoms with E-state index in [0.717, 1.165) is 4.48 Å². The van der Waals surface area contributed by atoms with Crippen LogP contribution in [-0.4, -0.2) is 18.5 Å². The number of carbonyl (C=O) groups is 1. The SMILES string of the molecule is C=C(Br)CNC(=O)[C@H](N)CC(C)C. The minimum Gasteiger partial charge on any atom is -0.350 e. The molecule has 0 aliphatic carbocycles. The zero-order valence-corrected chi connectivity index (χ0v) is 9.73. The minimum absolute atomic E-state index is 0.116. The number of nitrogens with two attached hydrogens (primary N) is 1. The van der Waals surface area contributed by atoms with Gasteiger partial charge >= 0.3 is 0 Å². The van der Waals surface area contributed by atoms with Gasteiger partial charge < -0.3 is 11.1 Å². The van der Waals surface area contributed by atoms with Gasteiger partial charge in [0.2, 0.25) is 5.91 Å². The van der Waals surface area contributed by atoms with E-state index in [1.165, 1.54) is 0 Å². The summed E-state index contributed by atoms with van der Waals surface area (Å²) in [6.45, 7) is 8.12. The quantitative estimate of drug-likeness (QED) is 0.773. The molecule has 1 amide bonds. The largest absolute Gasteiger partial charge is 0.350 e. The van der Waals surface area contributed by atoms with Gasteiger partial charge in [0.15, 0.2) is 0 Å². The molecule has 0 aromatic rings. The van der Waals surface area contributed by atoms with Gasteiger partial charge in [-0.15, -0.1) is 0 Å². The molecule has 0 saturated heterocycles. The maximum absolute atomic E-state index is 11.3. The lowest BCUT2D eigenvalue weighted by Gasteiger charge is -2.13. The van der Waals surface area contributed by atoms with Crippen molar-refractivity contribution in [2.45, 2.75) is 26.3 Å². The molecule has 0 rings (SSSR count). The summed E-state index contributed by atoms with van der Waals surface area (Å²) in [7, 11) is 0. The molecule has 1 atom stereocenters. The summed E-state index contributed by atoms with van der Waals surface area (Å²) >= 11 is 3.15. The van der Waals surface area contributed by atoms with Crippen LogP contribution in [0.1, 0.15) is 20.3 Å². The Morgan fingerprint density at radius 3 is 2.54 bits per heavy atom. The molecular weight excluding hydrogens is 232 g/mol. The highest BCUT2D eigenvalue weighted by Gasteiger charge is 2.13. The number of amides is 1. The van der Waals surface area contributed by atoms with Crippen LogP contribution in [0, 0.1) is 5.92 Å². The topological polar surface area (TPSA) is 55.1 Å². The van der Waals surface area contributed by atoms with Crippen LogP contribution in [0.2, 0.25) is 0 Å². The van der Waals surface area contributed by atoms with Crippen LogP contribution in [0.15, 0.2) is 11.1 Å². The first-order chi connectivity index (χ1) is 5.93. The van der Waals surface area contributed by atoms with E-state index in [0.29, 0.717) is 18.9 Å². The predicted molar refractivity (Wildman–Crippen MR) is 58.5 cm³/mol. The van der Waals surface area contributed by atoms with E-state index in [1.807, 2.05) is 13.8 Å². The third kappa shape index (κ3) is 6.78. The Bertz CT molecular complexity index is 192. The molecule has 13 heavy (non-hydrogen) atoms. The Balaban J connectivity index is 3.76. The molecule has 0 radical (unpaired) electrons. The molecule has 0 aliphatic rings. The summed E-state index contributed by atoms with van der Waals surface area (Å²) in [4.78, 5) is 11.3. The van der Waals surface area contributed by atoms with Crippen LogP contribution in [0.25, 0.3) is 0 Å². The molecular formula is C9H17BrN2O. The first-order valence-corrected chi connectivity index (χ1v) is 5.09. The van der Waals surface area contributed by atoms with Gasteiger partial charge in [-0.25, -0.2) is 0 Å². The number of halogens is 1. The van der Waals surface area contributed by atoms with Gasteiger partial charge in [-0.05, 0) is 12.3 Å². The summed E-state index contributed by atoms with van der Waals surface area (Å²) in [5.74, 6) is 0.322. The number of nitrogens with one attached hydrogen (secondary N) is 1. The van der Waals surface area contributed by atoms with Gasteiger partial charge in [-0.3, -0.25) is 4.79 Å². The Labute approximate surface area is 87.9 Å². The Morgan fingerprint density at radius 1 is 1.62 bits per heavy atom. The van der Waals surface area contributed by atoms with Gasteiger partial charge in [-0.2, -0.15) is 0 Å². The highest BCUT2D eigenvalue weighted by atomic mass is 79.9. The number of rotatable bonds is 5. The molecule has 3 N–H and O–H groups in total. The minimum atomic E-state index is -0.410. The Kier molecular flexibility index (Phi) is 5.99. The first-order valence-electron chi connectivity index (χ1n) is 4.30.